The maximum Gasteiger partial charge on any atom is 0.213 e. The Labute approximate surface area is 120 Å². The Morgan fingerprint density at radius 3 is 2.26 bits per heavy atom. The van der Waals surface area contributed by atoms with Gasteiger partial charge in [-0.2, -0.15) is 0 Å². The molecule has 0 bridgehead atoms. The van der Waals surface area contributed by atoms with Gasteiger partial charge in [-0.1, -0.05) is 0 Å². The van der Waals surface area contributed by atoms with E-state index in [2.05, 4.69) is 4.72 Å². The molecule has 19 heavy (non-hydrogen) atoms. The van der Waals surface area contributed by atoms with Crippen molar-refractivity contribution in [3.63, 3.8) is 0 Å². The molecule has 0 aromatic carbocycles. The van der Waals surface area contributed by atoms with E-state index < -0.39 is 20.0 Å². The average molecular weight is 333 g/mol. The van der Waals surface area contributed by atoms with Crippen molar-refractivity contribution in [3.8, 4) is 0 Å². The predicted molar refractivity (Wildman–Crippen MR) is 76.3 cm³/mol. The van der Waals surface area contributed by atoms with Gasteiger partial charge in [0.05, 0.1) is 11.5 Å². The van der Waals surface area contributed by atoms with E-state index >= 15 is 0 Å². The van der Waals surface area contributed by atoms with Gasteiger partial charge in [0.25, 0.3) is 0 Å². The van der Waals surface area contributed by atoms with E-state index in [0.717, 1.165) is 0 Å². The molecule has 0 aliphatic carbocycles. The first-order valence-corrected chi connectivity index (χ1v) is 10.1. The molecule has 1 rings (SSSR count). The number of hydrogen-bond donors (Lipinski definition) is 1. The monoisotopic (exact) mass is 332 g/mol. The molecule has 1 fully saturated rings. The maximum atomic E-state index is 11.7. The van der Waals surface area contributed by atoms with Crippen LogP contribution in [0.15, 0.2) is 0 Å². The van der Waals surface area contributed by atoms with E-state index in [9.17, 15) is 16.8 Å². The van der Waals surface area contributed by atoms with Crippen molar-refractivity contribution in [3.05, 3.63) is 0 Å². The van der Waals surface area contributed by atoms with E-state index in [1.807, 2.05) is 0 Å². The van der Waals surface area contributed by atoms with Crippen molar-refractivity contribution >= 4 is 31.6 Å². The molecule has 0 aromatic heterocycles. The lowest BCUT2D eigenvalue weighted by Crippen LogP contribution is -2.47. The molecule has 0 spiro atoms. The van der Waals surface area contributed by atoms with E-state index in [1.54, 1.807) is 6.92 Å². The van der Waals surface area contributed by atoms with Gasteiger partial charge in [-0.3, -0.25) is 0 Å². The fraction of sp³-hybridized carbons (Fsp3) is 1.00. The van der Waals surface area contributed by atoms with Gasteiger partial charge in [0.1, 0.15) is 0 Å². The smallest absolute Gasteiger partial charge is 0.212 e. The summed E-state index contributed by atoms with van der Waals surface area (Å²) in [6.07, 6.45) is 1.44. The van der Waals surface area contributed by atoms with Crippen molar-refractivity contribution in [2.45, 2.75) is 32.2 Å². The van der Waals surface area contributed by atoms with Gasteiger partial charge in [-0.25, -0.2) is 25.9 Å². The first-order chi connectivity index (χ1) is 8.80. The van der Waals surface area contributed by atoms with Crippen LogP contribution in [0.5, 0.6) is 0 Å². The van der Waals surface area contributed by atoms with Crippen LogP contribution in [-0.4, -0.2) is 57.7 Å². The first kappa shape index (κ1) is 17.2. The number of rotatable bonds is 7. The molecule has 0 amide bonds. The number of sulfonamides is 2. The fourth-order valence-corrected chi connectivity index (χ4v) is 4.80. The van der Waals surface area contributed by atoms with Crippen LogP contribution in [0, 0.1) is 0 Å². The molecule has 0 saturated carbocycles. The van der Waals surface area contributed by atoms with Crippen molar-refractivity contribution in [2.24, 2.45) is 0 Å². The second-order valence-corrected chi connectivity index (χ2v) is 9.06. The molecule has 0 atom stereocenters. The number of nitrogens with one attached hydrogen (secondary N) is 1. The Morgan fingerprint density at radius 2 is 1.79 bits per heavy atom. The zero-order chi connectivity index (χ0) is 14.5. The highest BCUT2D eigenvalue weighted by atomic mass is 35.5. The number of piperidine rings is 1. The normalized spacial score (nSPS) is 19.7. The minimum absolute atomic E-state index is 0.0178. The van der Waals surface area contributed by atoms with Gasteiger partial charge in [0.2, 0.25) is 20.0 Å². The van der Waals surface area contributed by atoms with Crippen LogP contribution in [0.25, 0.3) is 0 Å². The Hall–Kier alpha value is 0.110. The summed E-state index contributed by atoms with van der Waals surface area (Å²) in [6, 6.07) is -0.177. The number of alkyl halides is 1. The molecule has 0 radical (unpaired) electrons. The lowest BCUT2D eigenvalue weighted by Gasteiger charge is -2.31. The Kier molecular flexibility index (Phi) is 6.52. The summed E-state index contributed by atoms with van der Waals surface area (Å²) in [7, 11) is -6.47. The quantitative estimate of drug-likeness (QED) is 0.682. The molecule has 0 unspecified atom stereocenters. The van der Waals surface area contributed by atoms with E-state index in [4.69, 9.17) is 11.6 Å². The third kappa shape index (κ3) is 5.55. The summed E-state index contributed by atoms with van der Waals surface area (Å²) in [5, 5.41) is 0. The number of nitrogens with zero attached hydrogens (tertiary/aromatic N) is 1. The SMILES string of the molecule is CCS(=O)(=O)N1CCC(NS(=O)(=O)CCCCl)CC1. The second-order valence-electron chi connectivity index (χ2n) is 4.55. The zero-order valence-electron chi connectivity index (χ0n) is 11.0. The molecule has 1 aliphatic rings. The van der Waals surface area contributed by atoms with Gasteiger partial charge in [-0.05, 0) is 26.2 Å². The Bertz CT molecular complexity index is 470. The van der Waals surface area contributed by atoms with E-state index in [-0.39, 0.29) is 17.5 Å². The first-order valence-electron chi connectivity index (χ1n) is 6.34. The average Bonchev–Trinajstić information content (AvgIpc) is 2.36. The van der Waals surface area contributed by atoms with Crippen molar-refractivity contribution in [2.75, 3.05) is 30.5 Å². The van der Waals surface area contributed by atoms with Crippen LogP contribution in [0.1, 0.15) is 26.2 Å². The highest BCUT2D eigenvalue weighted by Gasteiger charge is 2.28. The second kappa shape index (κ2) is 7.21. The molecule has 9 heteroatoms. The summed E-state index contributed by atoms with van der Waals surface area (Å²) in [4.78, 5) is 0. The molecule has 1 aliphatic heterocycles. The molecule has 0 aromatic rings. The lowest BCUT2D eigenvalue weighted by atomic mass is 10.1. The molecule has 114 valence electrons. The lowest BCUT2D eigenvalue weighted by molar-refractivity contribution is 0.309. The number of halogens is 1. The van der Waals surface area contributed by atoms with Crippen LogP contribution >= 0.6 is 11.6 Å². The predicted octanol–water partition coefficient (Wildman–Crippen LogP) is 0.349. The summed E-state index contributed by atoms with van der Waals surface area (Å²) >= 11 is 5.47. The fourth-order valence-electron chi connectivity index (χ4n) is 1.99. The molecule has 1 heterocycles. The Balaban J connectivity index is 2.47. The molecular formula is C10H21ClN2O4S2. The van der Waals surface area contributed by atoms with Crippen molar-refractivity contribution in [1.29, 1.82) is 0 Å². The van der Waals surface area contributed by atoms with Gasteiger partial charge < -0.3 is 0 Å². The summed E-state index contributed by atoms with van der Waals surface area (Å²) in [5.41, 5.74) is 0. The highest BCUT2D eigenvalue weighted by molar-refractivity contribution is 7.89. The van der Waals surface area contributed by atoms with Crippen LogP contribution in [0.3, 0.4) is 0 Å². The minimum atomic E-state index is -3.30. The molecule has 1 N–H and O–H groups in total. The summed E-state index contributed by atoms with van der Waals surface area (Å²) in [6.45, 7) is 2.36. The summed E-state index contributed by atoms with van der Waals surface area (Å²) < 4.78 is 50.7. The van der Waals surface area contributed by atoms with Crippen LogP contribution in [0.2, 0.25) is 0 Å². The topological polar surface area (TPSA) is 83.6 Å². The van der Waals surface area contributed by atoms with Crippen LogP contribution < -0.4 is 4.72 Å². The number of hydrogen-bond acceptors (Lipinski definition) is 4. The zero-order valence-corrected chi connectivity index (χ0v) is 13.4. The molecule has 1 saturated heterocycles. The van der Waals surface area contributed by atoms with Crippen molar-refractivity contribution < 1.29 is 16.8 Å². The van der Waals surface area contributed by atoms with Crippen molar-refractivity contribution in [1.82, 2.24) is 9.03 Å². The van der Waals surface area contributed by atoms with E-state index in [0.29, 0.717) is 38.2 Å². The third-order valence-corrected chi connectivity index (χ3v) is 6.77. The minimum Gasteiger partial charge on any atom is -0.212 e. The van der Waals surface area contributed by atoms with Gasteiger partial charge in [-0.15, -0.1) is 11.6 Å². The highest BCUT2D eigenvalue weighted by Crippen LogP contribution is 2.15. The summed E-state index contributed by atoms with van der Waals surface area (Å²) in [5.74, 6) is 0.414. The van der Waals surface area contributed by atoms with Gasteiger partial charge in [0.15, 0.2) is 0 Å². The molecule has 6 nitrogen and oxygen atoms in total. The Morgan fingerprint density at radius 1 is 1.21 bits per heavy atom. The van der Waals surface area contributed by atoms with Gasteiger partial charge in [0, 0.05) is 25.0 Å². The standard InChI is InChI=1S/C10H21ClN2O4S2/c1-2-19(16,17)13-7-4-10(5-8-13)12-18(14,15)9-3-6-11/h10,12H,2-9H2,1H3. The van der Waals surface area contributed by atoms with E-state index in [1.165, 1.54) is 4.31 Å². The van der Waals surface area contributed by atoms with Gasteiger partial charge >= 0.3 is 0 Å². The van der Waals surface area contributed by atoms with Crippen LogP contribution in [-0.2, 0) is 20.0 Å². The van der Waals surface area contributed by atoms with Crippen LogP contribution in [0.4, 0.5) is 0 Å². The largest absolute Gasteiger partial charge is 0.213 e. The third-order valence-electron chi connectivity index (χ3n) is 3.11. The maximum absolute atomic E-state index is 11.7. The molecular weight excluding hydrogens is 312 g/mol.